The maximum Gasteiger partial charge on any atom is 0.262 e. The SMILES string of the molecule is CCN(CC)c1ccc(-n2nc3cc(C)c(NC(=O)COc4ccccc4C)cc3n2)cc1. The van der Waals surface area contributed by atoms with Crippen molar-refractivity contribution in [2.75, 3.05) is 29.9 Å². The molecule has 0 saturated heterocycles. The minimum atomic E-state index is -0.222. The summed E-state index contributed by atoms with van der Waals surface area (Å²) < 4.78 is 5.66. The summed E-state index contributed by atoms with van der Waals surface area (Å²) in [6, 6.07) is 19.6. The molecule has 7 heteroatoms. The van der Waals surface area contributed by atoms with Crippen molar-refractivity contribution in [3.8, 4) is 11.4 Å². The van der Waals surface area contributed by atoms with Crippen LogP contribution in [-0.4, -0.2) is 40.6 Å². The van der Waals surface area contributed by atoms with Crippen LogP contribution in [0.2, 0.25) is 0 Å². The summed E-state index contributed by atoms with van der Waals surface area (Å²) in [4.78, 5) is 16.4. The van der Waals surface area contributed by atoms with Crippen LogP contribution in [0.15, 0.2) is 60.7 Å². The smallest absolute Gasteiger partial charge is 0.262 e. The summed E-state index contributed by atoms with van der Waals surface area (Å²) in [5.74, 6) is 0.481. The molecular formula is C26H29N5O2. The first-order valence-corrected chi connectivity index (χ1v) is 11.2. The summed E-state index contributed by atoms with van der Waals surface area (Å²) in [6.45, 7) is 10.0. The van der Waals surface area contributed by atoms with Gasteiger partial charge in [-0.05, 0) is 81.3 Å². The predicted molar refractivity (Wildman–Crippen MR) is 132 cm³/mol. The van der Waals surface area contributed by atoms with E-state index in [1.54, 1.807) is 4.80 Å². The Morgan fingerprint density at radius 3 is 2.27 bits per heavy atom. The number of hydrogen-bond donors (Lipinski definition) is 1. The third-order valence-electron chi connectivity index (χ3n) is 5.66. The highest BCUT2D eigenvalue weighted by atomic mass is 16.5. The quantitative estimate of drug-likeness (QED) is 0.419. The molecule has 0 radical (unpaired) electrons. The van der Waals surface area contributed by atoms with Gasteiger partial charge in [0.05, 0.1) is 5.69 Å². The van der Waals surface area contributed by atoms with Gasteiger partial charge in [0.1, 0.15) is 16.8 Å². The summed E-state index contributed by atoms with van der Waals surface area (Å²) >= 11 is 0. The van der Waals surface area contributed by atoms with Crippen molar-refractivity contribution in [3.63, 3.8) is 0 Å². The molecule has 33 heavy (non-hydrogen) atoms. The fourth-order valence-electron chi connectivity index (χ4n) is 3.75. The van der Waals surface area contributed by atoms with Crippen LogP contribution in [0.25, 0.3) is 16.7 Å². The van der Waals surface area contributed by atoms with Crippen molar-refractivity contribution in [2.24, 2.45) is 0 Å². The Bertz CT molecular complexity index is 1260. The second-order valence-corrected chi connectivity index (χ2v) is 7.94. The number of hydrogen-bond acceptors (Lipinski definition) is 5. The highest BCUT2D eigenvalue weighted by molar-refractivity contribution is 5.95. The van der Waals surface area contributed by atoms with E-state index in [1.807, 2.05) is 62.4 Å². The fourth-order valence-corrected chi connectivity index (χ4v) is 3.75. The standard InChI is InChI=1S/C26H29N5O2/c1-5-30(6-2)20-11-13-21(14-12-20)31-28-23-15-19(4)22(16-24(23)29-31)27-26(32)17-33-25-10-8-7-9-18(25)3/h7-16H,5-6,17H2,1-4H3,(H,27,32). The molecule has 0 aliphatic heterocycles. The maximum atomic E-state index is 12.5. The Balaban J connectivity index is 1.49. The van der Waals surface area contributed by atoms with Gasteiger partial charge in [0.25, 0.3) is 5.91 Å². The zero-order chi connectivity index (χ0) is 23.4. The zero-order valence-electron chi connectivity index (χ0n) is 19.5. The molecule has 170 valence electrons. The third kappa shape index (κ3) is 4.98. The predicted octanol–water partition coefficient (Wildman–Crippen LogP) is 4.90. The lowest BCUT2D eigenvalue weighted by molar-refractivity contribution is -0.118. The molecule has 1 heterocycles. The Labute approximate surface area is 194 Å². The largest absolute Gasteiger partial charge is 0.483 e. The molecule has 4 rings (SSSR count). The van der Waals surface area contributed by atoms with Gasteiger partial charge in [-0.2, -0.15) is 4.80 Å². The topological polar surface area (TPSA) is 72.3 Å². The van der Waals surface area contributed by atoms with E-state index in [0.717, 1.165) is 35.4 Å². The molecule has 3 aromatic carbocycles. The Morgan fingerprint density at radius 2 is 1.61 bits per heavy atom. The first kappa shape index (κ1) is 22.3. The molecule has 1 N–H and O–H groups in total. The number of aryl methyl sites for hydroxylation is 2. The number of para-hydroxylation sites is 1. The lowest BCUT2D eigenvalue weighted by atomic mass is 10.1. The molecule has 0 unspecified atom stereocenters. The number of benzene rings is 3. The number of anilines is 2. The lowest BCUT2D eigenvalue weighted by Crippen LogP contribution is -2.21. The molecule has 7 nitrogen and oxygen atoms in total. The van der Waals surface area contributed by atoms with Crippen LogP contribution in [0.4, 0.5) is 11.4 Å². The van der Waals surface area contributed by atoms with Gasteiger partial charge in [-0.25, -0.2) is 0 Å². The van der Waals surface area contributed by atoms with E-state index in [9.17, 15) is 4.79 Å². The van der Waals surface area contributed by atoms with Crippen molar-refractivity contribution in [1.82, 2.24) is 15.0 Å². The van der Waals surface area contributed by atoms with E-state index < -0.39 is 0 Å². The number of nitrogens with one attached hydrogen (secondary N) is 1. The van der Waals surface area contributed by atoms with Crippen LogP contribution in [0.1, 0.15) is 25.0 Å². The Kier molecular flexibility index (Phi) is 6.58. The van der Waals surface area contributed by atoms with Gasteiger partial charge >= 0.3 is 0 Å². The molecule has 0 bridgehead atoms. The molecule has 0 saturated carbocycles. The van der Waals surface area contributed by atoms with Gasteiger partial charge in [-0.1, -0.05) is 18.2 Å². The van der Waals surface area contributed by atoms with Crippen molar-refractivity contribution < 1.29 is 9.53 Å². The van der Waals surface area contributed by atoms with Crippen LogP contribution < -0.4 is 15.0 Å². The highest BCUT2D eigenvalue weighted by Crippen LogP contribution is 2.23. The van der Waals surface area contributed by atoms with E-state index in [4.69, 9.17) is 4.74 Å². The molecule has 0 aliphatic rings. The van der Waals surface area contributed by atoms with Gasteiger partial charge in [0, 0.05) is 24.5 Å². The van der Waals surface area contributed by atoms with Gasteiger partial charge in [0.2, 0.25) is 0 Å². The molecule has 0 spiro atoms. The number of nitrogens with zero attached hydrogens (tertiary/aromatic N) is 4. The summed E-state index contributed by atoms with van der Waals surface area (Å²) in [5.41, 5.74) is 6.15. The fraction of sp³-hybridized carbons (Fsp3) is 0.269. The number of fused-ring (bicyclic) bond motifs is 1. The second-order valence-electron chi connectivity index (χ2n) is 7.94. The monoisotopic (exact) mass is 443 g/mol. The van der Waals surface area contributed by atoms with Gasteiger partial charge in [0.15, 0.2) is 6.61 Å². The number of amides is 1. The van der Waals surface area contributed by atoms with Crippen molar-refractivity contribution >= 4 is 28.3 Å². The first-order chi connectivity index (χ1) is 16.0. The van der Waals surface area contributed by atoms with E-state index >= 15 is 0 Å². The van der Waals surface area contributed by atoms with Crippen molar-refractivity contribution in [1.29, 1.82) is 0 Å². The van der Waals surface area contributed by atoms with E-state index in [2.05, 4.69) is 46.4 Å². The Hall–Kier alpha value is -3.87. The van der Waals surface area contributed by atoms with Gasteiger partial charge in [-0.3, -0.25) is 4.79 Å². The minimum absolute atomic E-state index is 0.0616. The van der Waals surface area contributed by atoms with E-state index in [1.165, 1.54) is 5.69 Å². The first-order valence-electron chi connectivity index (χ1n) is 11.2. The van der Waals surface area contributed by atoms with Gasteiger partial charge in [-0.15, -0.1) is 10.2 Å². The van der Waals surface area contributed by atoms with Crippen LogP contribution in [0.5, 0.6) is 5.75 Å². The molecule has 0 aliphatic carbocycles. The number of ether oxygens (including phenoxy) is 1. The number of carbonyl (C=O) groups excluding carboxylic acids is 1. The minimum Gasteiger partial charge on any atom is -0.483 e. The number of carbonyl (C=O) groups is 1. The molecule has 1 aromatic heterocycles. The number of rotatable bonds is 8. The van der Waals surface area contributed by atoms with Crippen molar-refractivity contribution in [3.05, 3.63) is 71.8 Å². The summed E-state index contributed by atoms with van der Waals surface area (Å²) in [5, 5.41) is 12.2. The van der Waals surface area contributed by atoms with Gasteiger partial charge < -0.3 is 15.0 Å². The van der Waals surface area contributed by atoms with E-state index in [0.29, 0.717) is 17.0 Å². The molecule has 1 amide bonds. The van der Waals surface area contributed by atoms with Crippen LogP contribution in [-0.2, 0) is 4.79 Å². The zero-order valence-corrected chi connectivity index (χ0v) is 19.5. The molecule has 4 aromatic rings. The molecule has 0 fully saturated rings. The van der Waals surface area contributed by atoms with Crippen molar-refractivity contribution in [2.45, 2.75) is 27.7 Å². The average Bonchev–Trinajstić information content (AvgIpc) is 3.22. The normalized spacial score (nSPS) is 10.9. The van der Waals surface area contributed by atoms with E-state index in [-0.39, 0.29) is 12.5 Å². The second kappa shape index (κ2) is 9.73. The summed E-state index contributed by atoms with van der Waals surface area (Å²) in [7, 11) is 0. The lowest BCUT2D eigenvalue weighted by Gasteiger charge is -2.20. The molecular weight excluding hydrogens is 414 g/mol. The number of aromatic nitrogens is 3. The third-order valence-corrected chi connectivity index (χ3v) is 5.66. The van der Waals surface area contributed by atoms with Crippen LogP contribution in [0, 0.1) is 13.8 Å². The maximum absolute atomic E-state index is 12.5. The van der Waals surface area contributed by atoms with Crippen LogP contribution in [0.3, 0.4) is 0 Å². The van der Waals surface area contributed by atoms with Crippen LogP contribution >= 0.6 is 0 Å². The Morgan fingerprint density at radius 1 is 0.939 bits per heavy atom. The average molecular weight is 444 g/mol. The summed E-state index contributed by atoms with van der Waals surface area (Å²) in [6.07, 6.45) is 0. The highest BCUT2D eigenvalue weighted by Gasteiger charge is 2.12. The molecule has 0 atom stereocenters.